The molecule has 5 nitrogen and oxygen atoms in total. The molecule has 1 aliphatic heterocycles. The van der Waals surface area contributed by atoms with Crippen LogP contribution in [0.2, 0.25) is 0 Å². The van der Waals surface area contributed by atoms with E-state index >= 15 is 0 Å². The second kappa shape index (κ2) is 10.7. The molecule has 132 valence electrons. The van der Waals surface area contributed by atoms with Crippen LogP contribution in [0.4, 0.5) is 0 Å². The van der Waals surface area contributed by atoms with Gasteiger partial charge in [0, 0.05) is 32.3 Å². The standard InChI is InChI=1S/C16H34O5Si/c1-6-10-11-17-16(7-2)22(19-8-3,20-9-4)21-14(5)12-15-13-18-15/h14-16H,6-13H2,1-5H3. The molecule has 3 atom stereocenters. The van der Waals surface area contributed by atoms with Gasteiger partial charge >= 0.3 is 8.80 Å². The highest BCUT2D eigenvalue weighted by Crippen LogP contribution is 2.26. The molecular formula is C16H34O5Si. The normalized spacial score (nSPS) is 20.9. The summed E-state index contributed by atoms with van der Waals surface area (Å²) < 4.78 is 29.8. The van der Waals surface area contributed by atoms with Crippen LogP contribution >= 0.6 is 0 Å². The van der Waals surface area contributed by atoms with Gasteiger partial charge in [0.25, 0.3) is 0 Å². The SMILES string of the molecule is CCCCOC(CC)[Si](OCC)(OCC)OC(C)CC1CO1. The van der Waals surface area contributed by atoms with E-state index in [9.17, 15) is 0 Å². The highest BCUT2D eigenvalue weighted by atomic mass is 28.4. The molecule has 0 aromatic heterocycles. The van der Waals surface area contributed by atoms with Crippen LogP contribution in [0.5, 0.6) is 0 Å². The van der Waals surface area contributed by atoms with Gasteiger partial charge in [-0.25, -0.2) is 0 Å². The monoisotopic (exact) mass is 334 g/mol. The Bertz CT molecular complexity index is 280. The topological polar surface area (TPSA) is 49.5 Å². The van der Waals surface area contributed by atoms with Crippen LogP contribution in [0, 0.1) is 0 Å². The van der Waals surface area contributed by atoms with Crippen molar-refractivity contribution in [2.75, 3.05) is 26.4 Å². The van der Waals surface area contributed by atoms with Gasteiger partial charge in [-0.3, -0.25) is 0 Å². The number of hydrogen-bond donors (Lipinski definition) is 0. The lowest BCUT2D eigenvalue weighted by molar-refractivity contribution is -0.0308. The van der Waals surface area contributed by atoms with Gasteiger partial charge in [0.05, 0.1) is 12.7 Å². The molecule has 0 amide bonds. The fourth-order valence-corrected chi connectivity index (χ4v) is 5.54. The van der Waals surface area contributed by atoms with Gasteiger partial charge in [0.2, 0.25) is 0 Å². The summed E-state index contributed by atoms with van der Waals surface area (Å²) in [5, 5.41) is 0. The maximum atomic E-state index is 6.34. The summed E-state index contributed by atoms with van der Waals surface area (Å²) in [7, 11) is -2.85. The minimum atomic E-state index is -2.85. The van der Waals surface area contributed by atoms with Gasteiger partial charge in [0.15, 0.2) is 0 Å². The zero-order valence-electron chi connectivity index (χ0n) is 14.9. The second-order valence-electron chi connectivity index (χ2n) is 5.71. The van der Waals surface area contributed by atoms with Gasteiger partial charge in [-0.05, 0) is 33.6 Å². The predicted octanol–water partition coefficient (Wildman–Crippen LogP) is 3.33. The summed E-state index contributed by atoms with van der Waals surface area (Å²) in [4.78, 5) is 0. The van der Waals surface area contributed by atoms with Crippen molar-refractivity contribution in [3.63, 3.8) is 0 Å². The Morgan fingerprint density at radius 3 is 2.23 bits per heavy atom. The average Bonchev–Trinajstić information content (AvgIpc) is 3.27. The highest BCUT2D eigenvalue weighted by Gasteiger charge is 2.51. The second-order valence-corrected chi connectivity index (χ2v) is 8.37. The van der Waals surface area contributed by atoms with Crippen molar-refractivity contribution in [3.8, 4) is 0 Å². The summed E-state index contributed by atoms with van der Waals surface area (Å²) >= 11 is 0. The molecule has 1 aliphatic rings. The lowest BCUT2D eigenvalue weighted by Gasteiger charge is -2.36. The molecule has 1 fully saturated rings. The molecule has 0 aliphatic carbocycles. The van der Waals surface area contributed by atoms with Gasteiger partial charge in [0.1, 0.15) is 5.73 Å². The lowest BCUT2D eigenvalue weighted by atomic mass is 10.2. The molecule has 1 heterocycles. The van der Waals surface area contributed by atoms with Gasteiger partial charge in [-0.2, -0.15) is 0 Å². The average molecular weight is 335 g/mol. The van der Waals surface area contributed by atoms with E-state index in [1.165, 1.54) is 0 Å². The molecule has 22 heavy (non-hydrogen) atoms. The van der Waals surface area contributed by atoms with Gasteiger partial charge in [-0.1, -0.05) is 20.3 Å². The van der Waals surface area contributed by atoms with E-state index in [0.717, 1.165) is 38.9 Å². The zero-order valence-corrected chi connectivity index (χ0v) is 15.9. The number of ether oxygens (including phenoxy) is 2. The van der Waals surface area contributed by atoms with E-state index in [0.29, 0.717) is 19.3 Å². The van der Waals surface area contributed by atoms with Crippen LogP contribution in [0.3, 0.4) is 0 Å². The predicted molar refractivity (Wildman–Crippen MR) is 88.8 cm³/mol. The minimum absolute atomic E-state index is 0.0566. The number of hydrogen-bond acceptors (Lipinski definition) is 5. The summed E-state index contributed by atoms with van der Waals surface area (Å²) in [5.41, 5.74) is -0.0958. The van der Waals surface area contributed by atoms with Crippen molar-refractivity contribution in [1.29, 1.82) is 0 Å². The first kappa shape index (κ1) is 20.1. The van der Waals surface area contributed by atoms with Crippen molar-refractivity contribution in [3.05, 3.63) is 0 Å². The third-order valence-electron chi connectivity index (χ3n) is 3.64. The van der Waals surface area contributed by atoms with Crippen LogP contribution in [-0.2, 0) is 22.8 Å². The van der Waals surface area contributed by atoms with Crippen LogP contribution in [-0.4, -0.2) is 53.2 Å². The number of rotatable bonds is 14. The van der Waals surface area contributed by atoms with E-state index in [1.807, 2.05) is 13.8 Å². The molecule has 3 unspecified atom stereocenters. The Kier molecular flexibility index (Phi) is 9.78. The molecule has 6 heteroatoms. The molecule has 0 aromatic carbocycles. The Hall–Kier alpha value is 0.0169. The molecule has 1 saturated heterocycles. The first-order valence-corrected chi connectivity index (χ1v) is 10.6. The summed E-state index contributed by atoms with van der Waals surface area (Å²) in [6.45, 7) is 13.0. The number of unbranched alkanes of at least 4 members (excludes halogenated alkanes) is 1. The molecule has 0 aromatic rings. The van der Waals surface area contributed by atoms with E-state index in [-0.39, 0.29) is 11.8 Å². The van der Waals surface area contributed by atoms with Crippen molar-refractivity contribution in [2.45, 2.75) is 78.2 Å². The molecule has 0 N–H and O–H groups in total. The smallest absolute Gasteiger partial charge is 0.374 e. The van der Waals surface area contributed by atoms with Crippen molar-refractivity contribution in [2.24, 2.45) is 0 Å². The summed E-state index contributed by atoms with van der Waals surface area (Å²) in [6, 6.07) is 0. The lowest BCUT2D eigenvalue weighted by Crippen LogP contribution is -2.59. The Labute approximate surface area is 137 Å². The van der Waals surface area contributed by atoms with Crippen LogP contribution in [0.1, 0.15) is 60.3 Å². The molecular weight excluding hydrogens is 300 g/mol. The molecule has 0 radical (unpaired) electrons. The van der Waals surface area contributed by atoms with Crippen molar-refractivity contribution < 1.29 is 22.8 Å². The Morgan fingerprint density at radius 1 is 1.14 bits per heavy atom. The molecule has 0 saturated carbocycles. The maximum Gasteiger partial charge on any atom is 0.531 e. The van der Waals surface area contributed by atoms with Crippen LogP contribution in [0.25, 0.3) is 0 Å². The Morgan fingerprint density at radius 2 is 1.77 bits per heavy atom. The van der Waals surface area contributed by atoms with E-state index in [2.05, 4.69) is 20.8 Å². The molecule has 0 spiro atoms. The quantitative estimate of drug-likeness (QED) is 0.277. The summed E-state index contributed by atoms with van der Waals surface area (Å²) in [5.74, 6) is 0. The maximum absolute atomic E-state index is 6.34. The van der Waals surface area contributed by atoms with Crippen LogP contribution < -0.4 is 0 Å². The highest BCUT2D eigenvalue weighted by molar-refractivity contribution is 6.62. The number of epoxide rings is 1. The fraction of sp³-hybridized carbons (Fsp3) is 1.00. The third-order valence-corrected chi connectivity index (χ3v) is 7.11. The third kappa shape index (κ3) is 6.64. The largest absolute Gasteiger partial charge is 0.531 e. The molecule has 1 rings (SSSR count). The first-order valence-electron chi connectivity index (χ1n) is 8.80. The first-order chi connectivity index (χ1) is 10.6. The fourth-order valence-electron chi connectivity index (χ4n) is 2.52. The van der Waals surface area contributed by atoms with Crippen LogP contribution in [0.15, 0.2) is 0 Å². The van der Waals surface area contributed by atoms with E-state index < -0.39 is 8.80 Å². The minimum Gasteiger partial charge on any atom is -0.374 e. The van der Waals surface area contributed by atoms with Gasteiger partial charge in [-0.15, -0.1) is 0 Å². The van der Waals surface area contributed by atoms with E-state index in [1.54, 1.807) is 0 Å². The van der Waals surface area contributed by atoms with Gasteiger partial charge < -0.3 is 22.8 Å². The molecule has 0 bridgehead atoms. The van der Waals surface area contributed by atoms with Crippen molar-refractivity contribution in [1.82, 2.24) is 0 Å². The van der Waals surface area contributed by atoms with Crippen molar-refractivity contribution >= 4 is 8.80 Å². The summed E-state index contributed by atoms with van der Waals surface area (Å²) in [6.07, 6.45) is 4.28. The van der Waals surface area contributed by atoms with E-state index in [4.69, 9.17) is 22.8 Å². The Balaban J connectivity index is 2.74. The zero-order chi connectivity index (χ0) is 16.4.